The number of aryl methyl sites for hydroxylation is 2. The molecule has 1 aliphatic carbocycles. The van der Waals surface area contributed by atoms with Crippen LogP contribution in [-0.4, -0.2) is 39.5 Å². The molecule has 0 radical (unpaired) electrons. The number of hydrogen-bond acceptors (Lipinski definition) is 8. The van der Waals surface area contributed by atoms with Crippen LogP contribution in [0.4, 0.5) is 5.00 Å². The normalized spacial score (nSPS) is 13.2. The van der Waals surface area contributed by atoms with Crippen LogP contribution in [0.3, 0.4) is 0 Å². The zero-order valence-electron chi connectivity index (χ0n) is 22.2. The highest BCUT2D eigenvalue weighted by Gasteiger charge is 2.26. The Hall–Kier alpha value is -3.11. The van der Waals surface area contributed by atoms with Gasteiger partial charge in [0.15, 0.2) is 11.0 Å². The molecular weight excluding hydrogens is 520 g/mol. The van der Waals surface area contributed by atoms with Crippen LogP contribution in [0.1, 0.15) is 63.4 Å². The van der Waals surface area contributed by atoms with E-state index in [0.29, 0.717) is 28.1 Å². The molecule has 4 rings (SSSR count). The molecule has 0 aliphatic heterocycles. The molecular formula is C28H34N4O4S2. The van der Waals surface area contributed by atoms with Gasteiger partial charge in [-0.2, -0.15) is 0 Å². The number of ether oxygens (including phenoxy) is 2. The van der Waals surface area contributed by atoms with E-state index in [1.807, 2.05) is 36.6 Å². The van der Waals surface area contributed by atoms with Crippen molar-refractivity contribution >= 4 is 40.0 Å². The number of amides is 1. The highest BCUT2D eigenvalue weighted by molar-refractivity contribution is 7.99. The van der Waals surface area contributed by atoms with Crippen molar-refractivity contribution < 1.29 is 19.1 Å². The molecule has 0 fully saturated rings. The molecule has 38 heavy (non-hydrogen) atoms. The number of thiophene rings is 1. The first kappa shape index (κ1) is 27.9. The Bertz CT molecular complexity index is 1310. The Kier molecular flexibility index (Phi) is 9.63. The third-order valence-corrected chi connectivity index (χ3v) is 8.84. The Morgan fingerprint density at radius 1 is 1.18 bits per heavy atom. The molecule has 0 saturated heterocycles. The summed E-state index contributed by atoms with van der Waals surface area (Å²) in [6, 6.07) is 5.94. The first-order valence-electron chi connectivity index (χ1n) is 12.8. The number of aromatic nitrogens is 3. The molecule has 8 nitrogen and oxygen atoms in total. The molecule has 1 N–H and O–H groups in total. The fraction of sp³-hybridized carbons (Fsp3) is 0.429. The number of allylic oxidation sites excluding steroid dienone is 1. The van der Waals surface area contributed by atoms with E-state index in [1.165, 1.54) is 41.5 Å². The number of esters is 1. The summed E-state index contributed by atoms with van der Waals surface area (Å²) in [4.78, 5) is 26.8. The average molecular weight is 555 g/mol. The zero-order valence-corrected chi connectivity index (χ0v) is 23.8. The minimum Gasteiger partial charge on any atom is -0.485 e. The van der Waals surface area contributed by atoms with Crippen LogP contribution in [0.15, 0.2) is 36.0 Å². The summed E-state index contributed by atoms with van der Waals surface area (Å²) in [6.07, 6.45) is 7.98. The standard InChI is InChI=1S/C28H34N4O4S2/c1-5-15-32-23(16-36-21-13-10-11-18(2)19(21)3)30-31-28(32)37-17-24(33)29-26-25(27(34)35-4)20-12-8-6-7-9-14-22(20)38-26/h5,10-11,13H,1,6-9,12,14-17H2,2-4H3,(H,29,33). The maximum absolute atomic E-state index is 13.0. The summed E-state index contributed by atoms with van der Waals surface area (Å²) >= 11 is 2.78. The number of nitrogens with one attached hydrogen (secondary N) is 1. The number of carbonyl (C=O) groups excluding carboxylic acids is 2. The van der Waals surface area contributed by atoms with E-state index in [0.717, 1.165) is 54.5 Å². The predicted molar refractivity (Wildman–Crippen MR) is 151 cm³/mol. The molecule has 0 unspecified atom stereocenters. The SMILES string of the molecule is C=CCn1c(COc2cccc(C)c2C)nnc1SCC(=O)Nc1sc2c(c1C(=O)OC)CCCCCC2. The van der Waals surface area contributed by atoms with E-state index >= 15 is 0 Å². The fourth-order valence-corrected chi connectivity index (χ4v) is 6.55. The van der Waals surface area contributed by atoms with Gasteiger partial charge in [0, 0.05) is 11.4 Å². The van der Waals surface area contributed by atoms with Gasteiger partial charge in [-0.25, -0.2) is 4.79 Å². The van der Waals surface area contributed by atoms with Gasteiger partial charge in [-0.05, 0) is 62.3 Å². The predicted octanol–water partition coefficient (Wildman–Crippen LogP) is 5.90. The van der Waals surface area contributed by atoms with E-state index in [2.05, 4.69) is 22.1 Å². The smallest absolute Gasteiger partial charge is 0.341 e. The van der Waals surface area contributed by atoms with Crippen LogP contribution in [0.5, 0.6) is 5.75 Å². The third-order valence-electron chi connectivity index (χ3n) is 6.66. The molecule has 1 amide bonds. The van der Waals surface area contributed by atoms with Gasteiger partial charge in [0.05, 0.1) is 18.4 Å². The van der Waals surface area contributed by atoms with Gasteiger partial charge < -0.3 is 14.8 Å². The number of fused-ring (bicyclic) bond motifs is 1. The highest BCUT2D eigenvalue weighted by Crippen LogP contribution is 2.37. The van der Waals surface area contributed by atoms with Crippen LogP contribution in [-0.2, 0) is 35.5 Å². The van der Waals surface area contributed by atoms with E-state index in [1.54, 1.807) is 6.08 Å². The van der Waals surface area contributed by atoms with Gasteiger partial charge in [0.25, 0.3) is 0 Å². The van der Waals surface area contributed by atoms with Crippen LogP contribution < -0.4 is 10.1 Å². The largest absolute Gasteiger partial charge is 0.485 e. The Labute approximate surface area is 231 Å². The van der Waals surface area contributed by atoms with Gasteiger partial charge in [0.1, 0.15) is 17.4 Å². The lowest BCUT2D eigenvalue weighted by Gasteiger charge is -2.12. The monoisotopic (exact) mass is 554 g/mol. The number of benzene rings is 1. The molecule has 2 aromatic heterocycles. The van der Waals surface area contributed by atoms with Crippen molar-refractivity contribution in [2.24, 2.45) is 0 Å². The number of anilines is 1. The van der Waals surface area contributed by atoms with Gasteiger partial charge >= 0.3 is 5.97 Å². The average Bonchev–Trinajstić information content (AvgIpc) is 3.43. The van der Waals surface area contributed by atoms with Crippen molar-refractivity contribution in [2.75, 3.05) is 18.2 Å². The van der Waals surface area contributed by atoms with Crippen LogP contribution in [0.2, 0.25) is 0 Å². The fourth-order valence-electron chi connectivity index (χ4n) is 4.49. The second-order valence-electron chi connectivity index (χ2n) is 9.24. The maximum atomic E-state index is 13.0. The second-order valence-corrected chi connectivity index (χ2v) is 11.3. The van der Waals surface area contributed by atoms with Gasteiger partial charge in [-0.15, -0.1) is 28.1 Å². The number of carbonyl (C=O) groups is 2. The van der Waals surface area contributed by atoms with Crippen molar-refractivity contribution in [3.05, 3.63) is 63.8 Å². The number of rotatable bonds is 10. The molecule has 202 valence electrons. The molecule has 3 aromatic rings. The molecule has 0 atom stereocenters. The second kappa shape index (κ2) is 13.1. The minimum atomic E-state index is -0.398. The van der Waals surface area contributed by atoms with E-state index in [-0.39, 0.29) is 18.3 Å². The van der Waals surface area contributed by atoms with E-state index in [4.69, 9.17) is 9.47 Å². The van der Waals surface area contributed by atoms with Crippen molar-refractivity contribution in [1.29, 1.82) is 0 Å². The van der Waals surface area contributed by atoms with Crippen molar-refractivity contribution in [3.8, 4) is 5.75 Å². The van der Waals surface area contributed by atoms with E-state index in [9.17, 15) is 9.59 Å². The van der Waals surface area contributed by atoms with Crippen molar-refractivity contribution in [2.45, 2.75) is 70.7 Å². The van der Waals surface area contributed by atoms with Crippen molar-refractivity contribution in [3.63, 3.8) is 0 Å². The molecule has 0 saturated carbocycles. The first-order valence-corrected chi connectivity index (χ1v) is 14.6. The quantitative estimate of drug-likeness (QED) is 0.189. The highest BCUT2D eigenvalue weighted by atomic mass is 32.2. The van der Waals surface area contributed by atoms with Gasteiger partial charge in [-0.1, -0.05) is 42.8 Å². The molecule has 0 bridgehead atoms. The van der Waals surface area contributed by atoms with Gasteiger partial charge in [-0.3, -0.25) is 9.36 Å². The summed E-state index contributed by atoms with van der Waals surface area (Å²) in [5, 5.41) is 12.7. The summed E-state index contributed by atoms with van der Waals surface area (Å²) in [5.41, 5.74) is 3.78. The lowest BCUT2D eigenvalue weighted by atomic mass is 9.96. The molecule has 0 spiro atoms. The number of hydrogen-bond donors (Lipinski definition) is 1. The first-order chi connectivity index (χ1) is 18.4. The lowest BCUT2D eigenvalue weighted by Crippen LogP contribution is -2.17. The molecule has 1 aliphatic rings. The van der Waals surface area contributed by atoms with E-state index < -0.39 is 5.97 Å². The van der Waals surface area contributed by atoms with Crippen LogP contribution in [0.25, 0.3) is 0 Å². The lowest BCUT2D eigenvalue weighted by molar-refractivity contribution is -0.113. The molecule has 2 heterocycles. The third kappa shape index (κ3) is 6.47. The Balaban J connectivity index is 1.44. The molecule has 10 heteroatoms. The zero-order chi connectivity index (χ0) is 27.1. The van der Waals surface area contributed by atoms with Crippen LogP contribution >= 0.6 is 23.1 Å². The summed E-state index contributed by atoms with van der Waals surface area (Å²) in [7, 11) is 1.38. The van der Waals surface area contributed by atoms with Gasteiger partial charge in [0.2, 0.25) is 5.91 Å². The topological polar surface area (TPSA) is 95.3 Å². The molecule has 1 aromatic carbocycles. The minimum absolute atomic E-state index is 0.121. The summed E-state index contributed by atoms with van der Waals surface area (Å²) < 4.78 is 13.0. The van der Waals surface area contributed by atoms with Crippen molar-refractivity contribution in [1.82, 2.24) is 14.8 Å². The summed E-state index contributed by atoms with van der Waals surface area (Å²) in [5.74, 6) is 0.968. The van der Waals surface area contributed by atoms with Crippen LogP contribution in [0, 0.1) is 13.8 Å². The Morgan fingerprint density at radius 3 is 2.74 bits per heavy atom. The Morgan fingerprint density at radius 2 is 1.97 bits per heavy atom. The summed E-state index contributed by atoms with van der Waals surface area (Å²) in [6.45, 7) is 8.66. The number of thioether (sulfide) groups is 1. The number of nitrogens with zero attached hydrogens (tertiary/aromatic N) is 3. The maximum Gasteiger partial charge on any atom is 0.341 e. The number of methoxy groups -OCH3 is 1.